The number of carbonyl (C=O) groups is 1. The van der Waals surface area contributed by atoms with E-state index in [1.807, 2.05) is 6.92 Å². The molecular formula is C7H8BrNO2. The quantitative estimate of drug-likeness (QED) is 0.673. The van der Waals surface area contributed by atoms with Crippen LogP contribution in [0.5, 0.6) is 0 Å². The summed E-state index contributed by atoms with van der Waals surface area (Å²) in [5, 5.41) is 8.58. The zero-order valence-electron chi connectivity index (χ0n) is 6.04. The third-order valence-electron chi connectivity index (χ3n) is 1.52. The zero-order chi connectivity index (χ0) is 8.43. The molecule has 0 saturated heterocycles. The van der Waals surface area contributed by atoms with Crippen LogP contribution in [0.3, 0.4) is 0 Å². The Morgan fingerprint density at radius 2 is 2.55 bits per heavy atom. The van der Waals surface area contributed by atoms with Crippen LogP contribution in [-0.2, 0) is 4.79 Å². The van der Waals surface area contributed by atoms with Crippen LogP contribution in [-0.4, -0.2) is 28.2 Å². The lowest BCUT2D eigenvalue weighted by Crippen LogP contribution is -2.18. The fraction of sp³-hybridized carbons (Fsp3) is 0.429. The van der Waals surface area contributed by atoms with Crippen LogP contribution in [0, 0.1) is 0 Å². The van der Waals surface area contributed by atoms with Gasteiger partial charge in [-0.05, 0) is 6.92 Å². The van der Waals surface area contributed by atoms with E-state index in [2.05, 4.69) is 20.9 Å². The highest BCUT2D eigenvalue weighted by atomic mass is 79.9. The Morgan fingerprint density at radius 1 is 1.91 bits per heavy atom. The van der Waals surface area contributed by atoms with Gasteiger partial charge in [0.05, 0.1) is 16.9 Å². The standard InChI is InChI=1S/C7H8BrNO2/c1-4-6(8)2-5(3-9-4)7(10)11/h2,6H,3H2,1H3,(H,10,11). The molecule has 0 saturated carbocycles. The van der Waals surface area contributed by atoms with Gasteiger partial charge in [-0.3, -0.25) is 4.99 Å². The molecule has 1 N–H and O–H groups in total. The van der Waals surface area contributed by atoms with Gasteiger partial charge in [0, 0.05) is 5.71 Å². The second-order valence-corrected chi connectivity index (χ2v) is 3.34. The van der Waals surface area contributed by atoms with E-state index in [0.717, 1.165) is 5.71 Å². The maximum Gasteiger partial charge on any atom is 0.333 e. The summed E-state index contributed by atoms with van der Waals surface area (Å²) in [5.41, 5.74) is 1.28. The van der Waals surface area contributed by atoms with Crippen LogP contribution in [0.2, 0.25) is 0 Å². The van der Waals surface area contributed by atoms with E-state index in [0.29, 0.717) is 12.1 Å². The summed E-state index contributed by atoms with van der Waals surface area (Å²) in [7, 11) is 0. The molecule has 1 rings (SSSR count). The molecule has 60 valence electrons. The first-order chi connectivity index (χ1) is 5.11. The Kier molecular flexibility index (Phi) is 2.44. The van der Waals surface area contributed by atoms with Gasteiger partial charge < -0.3 is 5.11 Å². The number of aliphatic imine (C=N–C) groups is 1. The summed E-state index contributed by atoms with van der Waals surface area (Å²) in [6.07, 6.45) is 1.67. The number of nitrogens with zero attached hydrogens (tertiary/aromatic N) is 1. The normalized spacial score (nSPS) is 24.0. The molecule has 0 spiro atoms. The van der Waals surface area contributed by atoms with E-state index in [4.69, 9.17) is 5.11 Å². The molecule has 1 unspecified atom stereocenters. The molecule has 0 amide bonds. The molecule has 1 atom stereocenters. The van der Waals surface area contributed by atoms with Gasteiger partial charge in [-0.2, -0.15) is 0 Å². The Morgan fingerprint density at radius 3 is 3.00 bits per heavy atom. The molecule has 0 radical (unpaired) electrons. The number of dihydropyridines is 1. The smallest absolute Gasteiger partial charge is 0.333 e. The fourth-order valence-corrected chi connectivity index (χ4v) is 1.25. The van der Waals surface area contributed by atoms with Gasteiger partial charge in [0.2, 0.25) is 0 Å². The summed E-state index contributed by atoms with van der Waals surface area (Å²) in [5.74, 6) is -0.884. The van der Waals surface area contributed by atoms with Gasteiger partial charge in [-0.15, -0.1) is 0 Å². The third kappa shape index (κ3) is 1.89. The minimum absolute atomic E-state index is 0.0117. The van der Waals surface area contributed by atoms with Gasteiger partial charge in [-0.25, -0.2) is 4.79 Å². The van der Waals surface area contributed by atoms with E-state index in [9.17, 15) is 4.79 Å². The molecule has 1 aliphatic rings. The Bertz CT molecular complexity index is 245. The van der Waals surface area contributed by atoms with Crippen molar-refractivity contribution in [2.24, 2.45) is 4.99 Å². The van der Waals surface area contributed by atoms with Crippen molar-refractivity contribution in [2.75, 3.05) is 6.54 Å². The number of hydrogen-bond donors (Lipinski definition) is 1. The van der Waals surface area contributed by atoms with Gasteiger partial charge in [0.25, 0.3) is 0 Å². The van der Waals surface area contributed by atoms with E-state index < -0.39 is 5.97 Å². The minimum Gasteiger partial charge on any atom is -0.478 e. The molecule has 0 bridgehead atoms. The molecule has 0 aromatic heterocycles. The van der Waals surface area contributed by atoms with Crippen molar-refractivity contribution in [1.82, 2.24) is 0 Å². The highest BCUT2D eigenvalue weighted by Gasteiger charge is 2.15. The fourth-order valence-electron chi connectivity index (χ4n) is 0.786. The van der Waals surface area contributed by atoms with Crippen molar-refractivity contribution in [1.29, 1.82) is 0 Å². The Balaban J connectivity index is 2.77. The van der Waals surface area contributed by atoms with Gasteiger partial charge in [0.1, 0.15) is 0 Å². The molecule has 1 aliphatic heterocycles. The van der Waals surface area contributed by atoms with Gasteiger partial charge in [0.15, 0.2) is 0 Å². The van der Waals surface area contributed by atoms with Crippen LogP contribution in [0.1, 0.15) is 6.92 Å². The number of halogens is 1. The van der Waals surface area contributed by atoms with Crippen molar-refractivity contribution in [2.45, 2.75) is 11.8 Å². The average Bonchev–Trinajstić information content (AvgIpc) is 1.94. The summed E-state index contributed by atoms with van der Waals surface area (Å²) >= 11 is 3.29. The number of carboxylic acids is 1. The van der Waals surface area contributed by atoms with Crippen LogP contribution < -0.4 is 0 Å². The molecule has 1 heterocycles. The van der Waals surface area contributed by atoms with Crippen LogP contribution in [0.4, 0.5) is 0 Å². The molecule has 0 aromatic rings. The number of aliphatic carboxylic acids is 1. The second-order valence-electron chi connectivity index (χ2n) is 2.36. The van der Waals surface area contributed by atoms with Crippen LogP contribution in [0.25, 0.3) is 0 Å². The van der Waals surface area contributed by atoms with E-state index >= 15 is 0 Å². The number of rotatable bonds is 1. The second kappa shape index (κ2) is 3.17. The average molecular weight is 218 g/mol. The molecular weight excluding hydrogens is 210 g/mol. The lowest BCUT2D eigenvalue weighted by Gasteiger charge is -2.11. The minimum atomic E-state index is -0.884. The lowest BCUT2D eigenvalue weighted by atomic mass is 10.1. The van der Waals surface area contributed by atoms with Crippen LogP contribution >= 0.6 is 15.9 Å². The largest absolute Gasteiger partial charge is 0.478 e. The van der Waals surface area contributed by atoms with Crippen molar-refractivity contribution in [3.63, 3.8) is 0 Å². The SMILES string of the molecule is CC1=NCC(C(=O)O)=CC1Br. The number of allylic oxidation sites excluding steroid dienone is 1. The van der Waals surface area contributed by atoms with E-state index in [-0.39, 0.29) is 4.83 Å². The van der Waals surface area contributed by atoms with Crippen molar-refractivity contribution < 1.29 is 9.90 Å². The number of hydrogen-bond acceptors (Lipinski definition) is 2. The maximum absolute atomic E-state index is 10.4. The highest BCUT2D eigenvalue weighted by molar-refractivity contribution is 9.10. The summed E-state index contributed by atoms with van der Waals surface area (Å²) in [6.45, 7) is 2.16. The number of alkyl halides is 1. The van der Waals surface area contributed by atoms with Crippen molar-refractivity contribution in [3.05, 3.63) is 11.6 Å². The van der Waals surface area contributed by atoms with Gasteiger partial charge >= 0.3 is 5.97 Å². The van der Waals surface area contributed by atoms with Crippen LogP contribution in [0.15, 0.2) is 16.6 Å². The summed E-state index contributed by atoms with van der Waals surface area (Å²) < 4.78 is 0. The Labute approximate surface area is 73.0 Å². The predicted molar refractivity (Wildman–Crippen MR) is 46.4 cm³/mol. The molecule has 11 heavy (non-hydrogen) atoms. The first-order valence-electron chi connectivity index (χ1n) is 3.20. The third-order valence-corrected chi connectivity index (χ3v) is 2.45. The maximum atomic E-state index is 10.4. The topological polar surface area (TPSA) is 49.7 Å². The predicted octanol–water partition coefficient (Wildman–Crippen LogP) is 1.24. The summed E-state index contributed by atoms with van der Waals surface area (Å²) in [6, 6.07) is 0. The zero-order valence-corrected chi connectivity index (χ0v) is 7.63. The molecule has 0 fully saturated rings. The summed E-state index contributed by atoms with van der Waals surface area (Å²) in [4.78, 5) is 14.5. The number of carboxylic acid groups (broad SMARTS) is 1. The van der Waals surface area contributed by atoms with Gasteiger partial charge in [-0.1, -0.05) is 22.0 Å². The van der Waals surface area contributed by atoms with E-state index in [1.54, 1.807) is 6.08 Å². The lowest BCUT2D eigenvalue weighted by molar-refractivity contribution is -0.132. The molecule has 4 heteroatoms. The molecule has 3 nitrogen and oxygen atoms in total. The van der Waals surface area contributed by atoms with E-state index in [1.165, 1.54) is 0 Å². The first kappa shape index (κ1) is 8.46. The highest BCUT2D eigenvalue weighted by Crippen LogP contribution is 2.13. The first-order valence-corrected chi connectivity index (χ1v) is 4.12. The monoisotopic (exact) mass is 217 g/mol. The molecule has 0 aliphatic carbocycles. The van der Waals surface area contributed by atoms with Crippen molar-refractivity contribution in [3.8, 4) is 0 Å². The Hall–Kier alpha value is -0.640. The molecule has 0 aromatic carbocycles. The van der Waals surface area contributed by atoms with Crippen molar-refractivity contribution >= 4 is 27.6 Å².